The van der Waals surface area contributed by atoms with Crippen LogP contribution in [-0.4, -0.2) is 22.3 Å². The summed E-state index contributed by atoms with van der Waals surface area (Å²) >= 11 is 0. The topological polar surface area (TPSA) is 71.1 Å². The van der Waals surface area contributed by atoms with Gasteiger partial charge in [0.05, 0.1) is 6.04 Å². The number of nitrogens with one attached hydrogen (secondary N) is 2. The van der Waals surface area contributed by atoms with Gasteiger partial charge >= 0.3 is 0 Å². The molecule has 0 aliphatic heterocycles. The monoisotopic (exact) mass is 289 g/mol. The Labute approximate surface area is 125 Å². The van der Waals surface area contributed by atoms with E-state index in [2.05, 4.69) is 15.6 Å². The van der Waals surface area contributed by atoms with E-state index in [4.69, 9.17) is 0 Å². The molecule has 0 radical (unpaired) electrons. The molecular weight excluding hydrogens is 266 g/mol. The minimum atomic E-state index is -0.745. The molecule has 2 N–H and O–H groups in total. The molecule has 114 valence electrons. The van der Waals surface area contributed by atoms with Crippen LogP contribution in [0.5, 0.6) is 0 Å². The summed E-state index contributed by atoms with van der Waals surface area (Å²) in [4.78, 5) is 28.2. The van der Waals surface area contributed by atoms with Crippen molar-refractivity contribution >= 4 is 11.8 Å². The van der Waals surface area contributed by atoms with Crippen LogP contribution < -0.4 is 10.6 Å². The number of amides is 2. The van der Waals surface area contributed by atoms with E-state index in [-0.39, 0.29) is 17.9 Å². The van der Waals surface area contributed by atoms with Gasteiger partial charge < -0.3 is 10.6 Å². The zero-order chi connectivity index (χ0) is 15.3. The van der Waals surface area contributed by atoms with Gasteiger partial charge in [-0.25, -0.2) is 0 Å². The van der Waals surface area contributed by atoms with Crippen LogP contribution in [0.1, 0.15) is 57.6 Å². The van der Waals surface area contributed by atoms with E-state index in [1.165, 1.54) is 6.92 Å². The first kappa shape index (κ1) is 15.5. The highest BCUT2D eigenvalue weighted by Crippen LogP contribution is 2.29. The van der Waals surface area contributed by atoms with E-state index in [0.29, 0.717) is 12.8 Å². The average Bonchev–Trinajstić information content (AvgIpc) is 2.48. The van der Waals surface area contributed by atoms with Crippen molar-refractivity contribution in [3.8, 4) is 0 Å². The lowest BCUT2D eigenvalue weighted by Gasteiger charge is -2.37. The molecule has 0 aromatic carbocycles. The van der Waals surface area contributed by atoms with Crippen molar-refractivity contribution in [2.45, 2.75) is 57.5 Å². The largest absolute Gasteiger partial charge is 0.348 e. The van der Waals surface area contributed by atoms with E-state index in [1.807, 2.05) is 19.1 Å². The van der Waals surface area contributed by atoms with Crippen LogP contribution in [0, 0.1) is 0 Å². The lowest BCUT2D eigenvalue weighted by atomic mass is 9.80. The third kappa shape index (κ3) is 3.80. The minimum Gasteiger partial charge on any atom is -0.348 e. The maximum absolute atomic E-state index is 12.7. The van der Waals surface area contributed by atoms with Gasteiger partial charge in [0.1, 0.15) is 5.54 Å². The molecule has 0 spiro atoms. The Morgan fingerprint density at radius 2 is 1.81 bits per heavy atom. The van der Waals surface area contributed by atoms with Crippen LogP contribution >= 0.6 is 0 Å². The first-order valence-corrected chi connectivity index (χ1v) is 7.53. The molecule has 1 aromatic rings. The van der Waals surface area contributed by atoms with E-state index in [9.17, 15) is 9.59 Å². The Balaban J connectivity index is 2.09. The fourth-order valence-corrected chi connectivity index (χ4v) is 2.97. The normalized spacial score (nSPS) is 18.6. The van der Waals surface area contributed by atoms with Crippen molar-refractivity contribution in [3.63, 3.8) is 0 Å². The molecule has 21 heavy (non-hydrogen) atoms. The van der Waals surface area contributed by atoms with Crippen molar-refractivity contribution < 1.29 is 9.59 Å². The predicted molar refractivity (Wildman–Crippen MR) is 80.4 cm³/mol. The Morgan fingerprint density at radius 1 is 1.19 bits per heavy atom. The van der Waals surface area contributed by atoms with Crippen molar-refractivity contribution in [2.24, 2.45) is 0 Å². The summed E-state index contributed by atoms with van der Waals surface area (Å²) in [6, 6.07) is 3.67. The fraction of sp³-hybridized carbons (Fsp3) is 0.562. The predicted octanol–water partition coefficient (Wildman–Crippen LogP) is 2.10. The van der Waals surface area contributed by atoms with E-state index < -0.39 is 5.54 Å². The zero-order valence-electron chi connectivity index (χ0n) is 12.7. The minimum absolute atomic E-state index is 0.0817. The number of carbonyl (C=O) groups excluding carboxylic acids is 2. The molecule has 5 heteroatoms. The van der Waals surface area contributed by atoms with Gasteiger partial charge in [0.15, 0.2) is 0 Å². The van der Waals surface area contributed by atoms with Gasteiger partial charge in [0, 0.05) is 19.3 Å². The molecule has 1 fully saturated rings. The van der Waals surface area contributed by atoms with Crippen LogP contribution in [0.15, 0.2) is 24.5 Å². The van der Waals surface area contributed by atoms with Crippen LogP contribution in [0.25, 0.3) is 0 Å². The lowest BCUT2D eigenvalue weighted by Crippen LogP contribution is -2.59. The van der Waals surface area contributed by atoms with Gasteiger partial charge in [-0.1, -0.05) is 19.3 Å². The van der Waals surface area contributed by atoms with Crippen LogP contribution in [-0.2, 0) is 9.59 Å². The number of hydrogen-bond donors (Lipinski definition) is 2. The van der Waals surface area contributed by atoms with Crippen LogP contribution in [0.2, 0.25) is 0 Å². The zero-order valence-corrected chi connectivity index (χ0v) is 12.7. The molecule has 0 unspecified atom stereocenters. The Kier molecular flexibility index (Phi) is 4.94. The molecule has 1 aromatic heterocycles. The maximum atomic E-state index is 12.7. The molecule has 1 aliphatic carbocycles. The van der Waals surface area contributed by atoms with Gasteiger partial charge in [-0.3, -0.25) is 14.6 Å². The fourth-order valence-electron chi connectivity index (χ4n) is 2.97. The number of nitrogens with zero attached hydrogens (tertiary/aromatic N) is 1. The second kappa shape index (κ2) is 6.70. The van der Waals surface area contributed by atoms with Gasteiger partial charge in [0.25, 0.3) is 0 Å². The van der Waals surface area contributed by atoms with Crippen molar-refractivity contribution in [1.29, 1.82) is 0 Å². The number of hydrogen-bond acceptors (Lipinski definition) is 3. The number of aromatic nitrogens is 1. The molecule has 1 aliphatic rings. The van der Waals surface area contributed by atoms with E-state index in [0.717, 1.165) is 24.8 Å². The molecule has 0 bridgehead atoms. The van der Waals surface area contributed by atoms with Gasteiger partial charge in [-0.2, -0.15) is 0 Å². The summed E-state index contributed by atoms with van der Waals surface area (Å²) in [5.74, 6) is -0.231. The molecular formula is C16H23N3O2. The van der Waals surface area contributed by atoms with Crippen LogP contribution in [0.4, 0.5) is 0 Å². The van der Waals surface area contributed by atoms with Gasteiger partial charge in [-0.05, 0) is 37.5 Å². The number of carbonyl (C=O) groups is 2. The van der Waals surface area contributed by atoms with Crippen molar-refractivity contribution in [2.75, 3.05) is 0 Å². The molecule has 1 atom stereocenters. The molecule has 1 heterocycles. The lowest BCUT2D eigenvalue weighted by molar-refractivity contribution is -0.134. The first-order valence-electron chi connectivity index (χ1n) is 7.53. The van der Waals surface area contributed by atoms with Gasteiger partial charge in [0.2, 0.25) is 11.8 Å². The number of pyridine rings is 1. The Bertz CT molecular complexity index is 496. The molecule has 2 rings (SSSR count). The molecule has 2 amide bonds. The highest BCUT2D eigenvalue weighted by atomic mass is 16.2. The third-order valence-corrected chi connectivity index (χ3v) is 4.11. The SMILES string of the molecule is CC(=O)NC1(C(=O)N[C@@H](C)c2ccncc2)CCCCC1. The van der Waals surface area contributed by atoms with Gasteiger partial charge in [-0.15, -0.1) is 0 Å². The summed E-state index contributed by atoms with van der Waals surface area (Å²) in [7, 11) is 0. The van der Waals surface area contributed by atoms with Crippen molar-refractivity contribution in [3.05, 3.63) is 30.1 Å². The van der Waals surface area contributed by atoms with Crippen molar-refractivity contribution in [1.82, 2.24) is 15.6 Å². The quantitative estimate of drug-likeness (QED) is 0.891. The molecule has 5 nitrogen and oxygen atoms in total. The third-order valence-electron chi connectivity index (χ3n) is 4.11. The second-order valence-corrected chi connectivity index (χ2v) is 5.80. The Hall–Kier alpha value is -1.91. The smallest absolute Gasteiger partial charge is 0.246 e. The average molecular weight is 289 g/mol. The van der Waals surface area contributed by atoms with Crippen LogP contribution in [0.3, 0.4) is 0 Å². The summed E-state index contributed by atoms with van der Waals surface area (Å²) in [5, 5.41) is 5.92. The molecule has 1 saturated carbocycles. The summed E-state index contributed by atoms with van der Waals surface area (Å²) in [6.07, 6.45) is 7.90. The van der Waals surface area contributed by atoms with E-state index >= 15 is 0 Å². The first-order chi connectivity index (χ1) is 10.0. The van der Waals surface area contributed by atoms with E-state index in [1.54, 1.807) is 12.4 Å². The molecule has 0 saturated heterocycles. The highest BCUT2D eigenvalue weighted by Gasteiger charge is 2.40. The standard InChI is InChI=1S/C16H23N3O2/c1-12(14-6-10-17-11-7-14)18-15(21)16(19-13(2)20)8-4-3-5-9-16/h6-7,10-12H,3-5,8-9H2,1-2H3,(H,18,21)(H,19,20)/t12-/m0/s1. The summed E-state index contributed by atoms with van der Waals surface area (Å²) < 4.78 is 0. The number of rotatable bonds is 4. The summed E-state index contributed by atoms with van der Waals surface area (Å²) in [6.45, 7) is 3.41. The second-order valence-electron chi connectivity index (χ2n) is 5.80. The summed E-state index contributed by atoms with van der Waals surface area (Å²) in [5.41, 5.74) is 0.262. The Morgan fingerprint density at radius 3 is 2.38 bits per heavy atom. The maximum Gasteiger partial charge on any atom is 0.246 e. The highest BCUT2D eigenvalue weighted by molar-refractivity contribution is 5.91.